The highest BCUT2D eigenvalue weighted by Gasteiger charge is 2.13. The maximum Gasteiger partial charge on any atom is 0.337 e. The quantitative estimate of drug-likeness (QED) is 0.389. The molecule has 3 aromatic rings. The lowest BCUT2D eigenvalue weighted by Crippen LogP contribution is -2.15. The second-order valence-electron chi connectivity index (χ2n) is 6.53. The molecule has 2 N–H and O–H groups in total. The number of nitrogens with one attached hydrogen (secondary N) is 1. The van der Waals surface area contributed by atoms with Crippen molar-refractivity contribution in [2.24, 2.45) is 0 Å². The van der Waals surface area contributed by atoms with Crippen molar-refractivity contribution >= 4 is 29.3 Å². The predicted octanol–water partition coefficient (Wildman–Crippen LogP) is 2.95. The number of aromatic nitrogens is 2. The Labute approximate surface area is 184 Å². The molecule has 31 heavy (non-hydrogen) atoms. The first kappa shape index (κ1) is 22.4. The van der Waals surface area contributed by atoms with E-state index in [1.165, 1.54) is 18.9 Å². The number of anilines is 1. The summed E-state index contributed by atoms with van der Waals surface area (Å²) in [6, 6.07) is 14.1. The molecule has 8 nitrogen and oxygen atoms in total. The number of benzene rings is 2. The standard InChI is InChI=1S/C22H23N3O5S/c1-29-19-9-3-15(4-10-19)12-25-18(13-26)11-23-22(25)31-14-20(27)24-17-7-5-16(6-8-17)21(28)30-2/h3-11,26H,12-14H2,1-2H3,(H,24,27). The molecule has 0 bridgehead atoms. The number of nitrogens with zero attached hydrogens (tertiary/aromatic N) is 2. The summed E-state index contributed by atoms with van der Waals surface area (Å²) < 4.78 is 11.7. The van der Waals surface area contributed by atoms with Crippen molar-refractivity contribution in [3.63, 3.8) is 0 Å². The minimum atomic E-state index is -0.434. The van der Waals surface area contributed by atoms with Crippen LogP contribution >= 0.6 is 11.8 Å². The minimum Gasteiger partial charge on any atom is -0.497 e. The van der Waals surface area contributed by atoms with E-state index in [2.05, 4.69) is 15.0 Å². The molecule has 3 rings (SSSR count). The summed E-state index contributed by atoms with van der Waals surface area (Å²) in [5.41, 5.74) is 2.67. The van der Waals surface area contributed by atoms with Gasteiger partial charge in [0.25, 0.3) is 0 Å². The van der Waals surface area contributed by atoms with Gasteiger partial charge in [-0.05, 0) is 42.0 Å². The third kappa shape index (κ3) is 5.87. The summed E-state index contributed by atoms with van der Waals surface area (Å²) in [5.74, 6) is 0.267. The molecule has 0 saturated heterocycles. The Morgan fingerprint density at radius 2 is 1.81 bits per heavy atom. The van der Waals surface area contributed by atoms with Gasteiger partial charge in [0.1, 0.15) is 5.75 Å². The van der Waals surface area contributed by atoms with E-state index in [0.29, 0.717) is 28.6 Å². The Morgan fingerprint density at radius 1 is 1.10 bits per heavy atom. The molecule has 0 aliphatic carbocycles. The zero-order valence-electron chi connectivity index (χ0n) is 17.2. The maximum atomic E-state index is 12.4. The number of imidazole rings is 1. The second kappa shape index (κ2) is 10.6. The largest absolute Gasteiger partial charge is 0.497 e. The van der Waals surface area contributed by atoms with Gasteiger partial charge in [0.2, 0.25) is 5.91 Å². The minimum absolute atomic E-state index is 0.142. The fraction of sp³-hybridized carbons (Fsp3) is 0.227. The summed E-state index contributed by atoms with van der Waals surface area (Å²) in [5, 5.41) is 13.1. The van der Waals surface area contributed by atoms with E-state index in [1.807, 2.05) is 28.8 Å². The Bertz CT molecular complexity index is 1030. The molecule has 1 aromatic heterocycles. The molecule has 0 aliphatic rings. The van der Waals surface area contributed by atoms with Crippen LogP contribution in [0.4, 0.5) is 5.69 Å². The maximum absolute atomic E-state index is 12.4. The fourth-order valence-electron chi connectivity index (χ4n) is 2.85. The molecule has 0 aliphatic heterocycles. The van der Waals surface area contributed by atoms with Crippen molar-refractivity contribution in [2.45, 2.75) is 18.3 Å². The van der Waals surface area contributed by atoms with Gasteiger partial charge in [0, 0.05) is 12.2 Å². The number of carbonyl (C=O) groups is 2. The first-order chi connectivity index (χ1) is 15.0. The number of rotatable bonds is 9. The van der Waals surface area contributed by atoms with Crippen LogP contribution in [0.5, 0.6) is 5.75 Å². The summed E-state index contributed by atoms with van der Waals surface area (Å²) in [6.07, 6.45) is 1.61. The Balaban J connectivity index is 1.62. The van der Waals surface area contributed by atoms with E-state index in [9.17, 15) is 14.7 Å². The molecule has 2 aromatic carbocycles. The van der Waals surface area contributed by atoms with Crippen LogP contribution in [0, 0.1) is 0 Å². The number of thioether (sulfide) groups is 1. The number of ether oxygens (including phenoxy) is 2. The van der Waals surface area contributed by atoms with Crippen LogP contribution in [0.15, 0.2) is 59.9 Å². The van der Waals surface area contributed by atoms with Gasteiger partial charge in [-0.15, -0.1) is 0 Å². The number of aliphatic hydroxyl groups excluding tert-OH is 1. The third-order valence-electron chi connectivity index (χ3n) is 4.49. The third-order valence-corrected chi connectivity index (χ3v) is 5.48. The number of carbonyl (C=O) groups excluding carboxylic acids is 2. The van der Waals surface area contributed by atoms with Crippen LogP contribution in [0.1, 0.15) is 21.6 Å². The van der Waals surface area contributed by atoms with Crippen molar-refractivity contribution in [2.75, 3.05) is 25.3 Å². The monoisotopic (exact) mass is 441 g/mol. The topological polar surface area (TPSA) is 103 Å². The molecular formula is C22H23N3O5S. The van der Waals surface area contributed by atoms with E-state index < -0.39 is 5.97 Å². The summed E-state index contributed by atoms with van der Waals surface area (Å²) in [7, 11) is 2.93. The van der Waals surface area contributed by atoms with Crippen molar-refractivity contribution in [3.05, 3.63) is 71.5 Å². The fourth-order valence-corrected chi connectivity index (χ4v) is 3.65. The number of methoxy groups -OCH3 is 2. The number of amides is 1. The average Bonchev–Trinajstić information content (AvgIpc) is 3.19. The van der Waals surface area contributed by atoms with Crippen LogP contribution in [-0.2, 0) is 22.7 Å². The van der Waals surface area contributed by atoms with E-state index >= 15 is 0 Å². The van der Waals surface area contributed by atoms with E-state index in [0.717, 1.165) is 11.3 Å². The summed E-state index contributed by atoms with van der Waals surface area (Å²) >= 11 is 1.28. The van der Waals surface area contributed by atoms with E-state index in [4.69, 9.17) is 4.74 Å². The first-order valence-electron chi connectivity index (χ1n) is 9.43. The van der Waals surface area contributed by atoms with Gasteiger partial charge in [0.05, 0.1) is 44.0 Å². The number of hydrogen-bond acceptors (Lipinski definition) is 7. The molecule has 1 amide bonds. The Hall–Kier alpha value is -3.30. The molecule has 9 heteroatoms. The van der Waals surface area contributed by atoms with Gasteiger partial charge < -0.3 is 24.5 Å². The van der Waals surface area contributed by atoms with Crippen molar-refractivity contribution in [1.29, 1.82) is 0 Å². The van der Waals surface area contributed by atoms with Crippen LogP contribution < -0.4 is 10.1 Å². The van der Waals surface area contributed by atoms with Gasteiger partial charge >= 0.3 is 5.97 Å². The Kier molecular flexibility index (Phi) is 7.69. The van der Waals surface area contributed by atoms with Gasteiger partial charge in [-0.2, -0.15) is 0 Å². The predicted molar refractivity (Wildman–Crippen MR) is 117 cm³/mol. The highest BCUT2D eigenvalue weighted by atomic mass is 32.2. The molecule has 162 valence electrons. The smallest absolute Gasteiger partial charge is 0.337 e. The SMILES string of the molecule is COC(=O)c1ccc(NC(=O)CSc2ncc(CO)n2Cc2ccc(OC)cc2)cc1. The molecule has 0 unspecified atom stereocenters. The van der Waals surface area contributed by atoms with Crippen molar-refractivity contribution < 1.29 is 24.2 Å². The highest BCUT2D eigenvalue weighted by Crippen LogP contribution is 2.22. The molecule has 1 heterocycles. The van der Waals surface area contributed by atoms with Gasteiger partial charge in [-0.25, -0.2) is 9.78 Å². The lowest BCUT2D eigenvalue weighted by Gasteiger charge is -2.11. The molecule has 0 atom stereocenters. The molecular weight excluding hydrogens is 418 g/mol. The zero-order valence-corrected chi connectivity index (χ0v) is 18.0. The molecule has 0 saturated carbocycles. The van der Waals surface area contributed by atoms with Gasteiger partial charge in [-0.1, -0.05) is 23.9 Å². The van der Waals surface area contributed by atoms with Gasteiger partial charge in [-0.3, -0.25) is 4.79 Å². The molecule has 0 spiro atoms. The number of aliphatic hydroxyl groups is 1. The van der Waals surface area contributed by atoms with Crippen LogP contribution in [0.2, 0.25) is 0 Å². The molecule has 0 radical (unpaired) electrons. The number of hydrogen-bond donors (Lipinski definition) is 2. The summed E-state index contributed by atoms with van der Waals surface area (Å²) in [4.78, 5) is 28.2. The van der Waals surface area contributed by atoms with Crippen LogP contribution in [-0.4, -0.2) is 46.5 Å². The van der Waals surface area contributed by atoms with Crippen LogP contribution in [0.25, 0.3) is 0 Å². The van der Waals surface area contributed by atoms with Crippen LogP contribution in [0.3, 0.4) is 0 Å². The van der Waals surface area contributed by atoms with E-state index in [1.54, 1.807) is 37.6 Å². The first-order valence-corrected chi connectivity index (χ1v) is 10.4. The Morgan fingerprint density at radius 3 is 2.42 bits per heavy atom. The van der Waals surface area contributed by atoms with Crippen molar-refractivity contribution in [3.8, 4) is 5.75 Å². The van der Waals surface area contributed by atoms with Crippen molar-refractivity contribution in [1.82, 2.24) is 9.55 Å². The lowest BCUT2D eigenvalue weighted by atomic mass is 10.2. The lowest BCUT2D eigenvalue weighted by molar-refractivity contribution is -0.113. The normalized spacial score (nSPS) is 10.5. The molecule has 0 fully saturated rings. The second-order valence-corrected chi connectivity index (χ2v) is 7.47. The van der Waals surface area contributed by atoms with E-state index in [-0.39, 0.29) is 18.3 Å². The van der Waals surface area contributed by atoms with Gasteiger partial charge in [0.15, 0.2) is 5.16 Å². The summed E-state index contributed by atoms with van der Waals surface area (Å²) in [6.45, 7) is 0.362. The zero-order chi connectivity index (χ0) is 22.2. The highest BCUT2D eigenvalue weighted by molar-refractivity contribution is 7.99. The number of esters is 1. The average molecular weight is 442 g/mol.